The number of nitrogens with zero attached hydrogens (tertiary/aromatic N) is 1. The van der Waals surface area contributed by atoms with E-state index in [-0.39, 0.29) is 5.54 Å². The maximum atomic E-state index is 3.66. The molecular formula is C12H26N2. The fourth-order valence-corrected chi connectivity index (χ4v) is 2.28. The van der Waals surface area contributed by atoms with Crippen LogP contribution in [-0.4, -0.2) is 36.6 Å². The van der Waals surface area contributed by atoms with Gasteiger partial charge in [-0.1, -0.05) is 20.8 Å². The fraction of sp³-hybridized carbons (Fsp3) is 1.00. The highest BCUT2D eigenvalue weighted by atomic mass is 15.2. The summed E-state index contributed by atoms with van der Waals surface area (Å²) < 4.78 is 0. The third-order valence-corrected chi connectivity index (χ3v) is 2.86. The average molecular weight is 198 g/mol. The quantitative estimate of drug-likeness (QED) is 0.731. The van der Waals surface area contributed by atoms with Crippen LogP contribution in [0.5, 0.6) is 0 Å². The summed E-state index contributed by atoms with van der Waals surface area (Å²) in [5, 5.41) is 3.66. The van der Waals surface area contributed by atoms with Gasteiger partial charge in [0.05, 0.1) is 0 Å². The predicted molar refractivity (Wildman–Crippen MR) is 62.6 cm³/mol. The minimum absolute atomic E-state index is 0.267. The monoisotopic (exact) mass is 198 g/mol. The summed E-state index contributed by atoms with van der Waals surface area (Å²) in [5.41, 5.74) is 0.672. The van der Waals surface area contributed by atoms with Gasteiger partial charge in [0, 0.05) is 25.2 Å². The second-order valence-electron chi connectivity index (χ2n) is 6.11. The molecule has 0 amide bonds. The van der Waals surface area contributed by atoms with Crippen LogP contribution in [0.1, 0.15) is 41.0 Å². The Hall–Kier alpha value is -0.0800. The van der Waals surface area contributed by atoms with Gasteiger partial charge in [-0.05, 0) is 32.2 Å². The summed E-state index contributed by atoms with van der Waals surface area (Å²) in [5.74, 6) is 0. The Labute approximate surface area is 89.1 Å². The molecule has 1 saturated heterocycles. The lowest BCUT2D eigenvalue weighted by Crippen LogP contribution is -2.46. The molecule has 0 unspecified atom stereocenters. The van der Waals surface area contributed by atoms with Crippen LogP contribution in [0.25, 0.3) is 0 Å². The second kappa shape index (κ2) is 4.19. The van der Waals surface area contributed by atoms with Gasteiger partial charge >= 0.3 is 0 Å². The van der Waals surface area contributed by atoms with E-state index in [9.17, 15) is 0 Å². The molecule has 0 radical (unpaired) electrons. The highest BCUT2D eigenvalue weighted by molar-refractivity contribution is 4.90. The number of hydrogen-bond acceptors (Lipinski definition) is 2. The van der Waals surface area contributed by atoms with Crippen LogP contribution in [0.2, 0.25) is 0 Å². The van der Waals surface area contributed by atoms with E-state index in [1.54, 1.807) is 0 Å². The summed E-state index contributed by atoms with van der Waals surface area (Å²) in [6.07, 6.45) is 1.26. The third kappa shape index (κ3) is 3.58. The van der Waals surface area contributed by atoms with Crippen LogP contribution in [-0.2, 0) is 0 Å². The lowest BCUT2D eigenvalue weighted by Gasteiger charge is -2.30. The SMILES string of the molecule is CCCN1CC(C)(C)CNC(C)(C)C1. The Morgan fingerprint density at radius 3 is 2.36 bits per heavy atom. The molecule has 1 heterocycles. The van der Waals surface area contributed by atoms with Crippen LogP contribution in [0, 0.1) is 5.41 Å². The summed E-state index contributed by atoms with van der Waals surface area (Å²) in [6, 6.07) is 0. The van der Waals surface area contributed by atoms with E-state index in [0.29, 0.717) is 5.41 Å². The van der Waals surface area contributed by atoms with Crippen molar-refractivity contribution in [3.05, 3.63) is 0 Å². The highest BCUT2D eigenvalue weighted by Crippen LogP contribution is 2.22. The zero-order chi connectivity index (χ0) is 10.8. The van der Waals surface area contributed by atoms with E-state index in [4.69, 9.17) is 0 Å². The Morgan fingerprint density at radius 1 is 1.14 bits per heavy atom. The van der Waals surface area contributed by atoms with E-state index >= 15 is 0 Å². The second-order valence-corrected chi connectivity index (χ2v) is 6.11. The molecule has 1 aliphatic rings. The van der Waals surface area contributed by atoms with Crippen molar-refractivity contribution in [3.8, 4) is 0 Å². The van der Waals surface area contributed by atoms with Crippen LogP contribution >= 0.6 is 0 Å². The first-order valence-electron chi connectivity index (χ1n) is 5.82. The lowest BCUT2D eigenvalue weighted by atomic mass is 9.93. The zero-order valence-electron chi connectivity index (χ0n) is 10.5. The van der Waals surface area contributed by atoms with Crippen molar-refractivity contribution in [2.75, 3.05) is 26.2 Å². The van der Waals surface area contributed by atoms with E-state index in [1.165, 1.54) is 26.1 Å². The molecule has 14 heavy (non-hydrogen) atoms. The molecule has 0 saturated carbocycles. The average Bonchev–Trinajstić information content (AvgIpc) is 2.08. The maximum Gasteiger partial charge on any atom is 0.0252 e. The molecule has 84 valence electrons. The number of rotatable bonds is 2. The van der Waals surface area contributed by atoms with E-state index < -0.39 is 0 Å². The van der Waals surface area contributed by atoms with Gasteiger partial charge in [-0.3, -0.25) is 0 Å². The molecule has 0 aromatic carbocycles. The molecule has 0 aromatic rings. The smallest absolute Gasteiger partial charge is 0.0252 e. The van der Waals surface area contributed by atoms with Crippen LogP contribution in [0.3, 0.4) is 0 Å². The van der Waals surface area contributed by atoms with E-state index in [0.717, 1.165) is 6.54 Å². The van der Waals surface area contributed by atoms with Crippen molar-refractivity contribution in [3.63, 3.8) is 0 Å². The number of nitrogens with one attached hydrogen (secondary N) is 1. The van der Waals surface area contributed by atoms with Gasteiger partial charge in [-0.15, -0.1) is 0 Å². The van der Waals surface area contributed by atoms with Gasteiger partial charge < -0.3 is 10.2 Å². The summed E-state index contributed by atoms with van der Waals surface area (Å²) in [4.78, 5) is 2.60. The van der Waals surface area contributed by atoms with Crippen molar-refractivity contribution in [2.24, 2.45) is 5.41 Å². The molecule has 2 nitrogen and oxygen atoms in total. The van der Waals surface area contributed by atoms with Gasteiger partial charge in [-0.2, -0.15) is 0 Å². The van der Waals surface area contributed by atoms with E-state index in [2.05, 4.69) is 44.8 Å². The van der Waals surface area contributed by atoms with E-state index in [1.807, 2.05) is 0 Å². The summed E-state index contributed by atoms with van der Waals surface area (Å²) in [7, 11) is 0. The van der Waals surface area contributed by atoms with Crippen LogP contribution in [0.4, 0.5) is 0 Å². The van der Waals surface area contributed by atoms with Crippen LogP contribution < -0.4 is 5.32 Å². The Kier molecular flexibility index (Phi) is 3.59. The van der Waals surface area contributed by atoms with Crippen molar-refractivity contribution in [1.82, 2.24) is 10.2 Å². The Bertz CT molecular complexity index is 167. The van der Waals surface area contributed by atoms with Crippen molar-refractivity contribution < 1.29 is 0 Å². The highest BCUT2D eigenvalue weighted by Gasteiger charge is 2.31. The summed E-state index contributed by atoms with van der Waals surface area (Å²) in [6.45, 7) is 16.3. The lowest BCUT2D eigenvalue weighted by molar-refractivity contribution is 0.191. The molecule has 1 aliphatic heterocycles. The summed E-state index contributed by atoms with van der Waals surface area (Å²) >= 11 is 0. The van der Waals surface area contributed by atoms with Crippen molar-refractivity contribution in [1.29, 1.82) is 0 Å². The van der Waals surface area contributed by atoms with Gasteiger partial charge in [0.2, 0.25) is 0 Å². The maximum absolute atomic E-state index is 3.66. The van der Waals surface area contributed by atoms with Crippen molar-refractivity contribution >= 4 is 0 Å². The third-order valence-electron chi connectivity index (χ3n) is 2.86. The first-order chi connectivity index (χ1) is 6.35. The molecule has 0 bridgehead atoms. The molecule has 0 atom stereocenters. The van der Waals surface area contributed by atoms with Crippen molar-refractivity contribution in [2.45, 2.75) is 46.6 Å². The molecule has 1 N–H and O–H groups in total. The topological polar surface area (TPSA) is 15.3 Å². The van der Waals surface area contributed by atoms with Crippen LogP contribution in [0.15, 0.2) is 0 Å². The van der Waals surface area contributed by atoms with Gasteiger partial charge in [-0.25, -0.2) is 0 Å². The normalized spacial score (nSPS) is 27.2. The largest absolute Gasteiger partial charge is 0.310 e. The number of hydrogen-bond donors (Lipinski definition) is 1. The molecule has 2 heteroatoms. The molecule has 1 fully saturated rings. The fourth-order valence-electron chi connectivity index (χ4n) is 2.28. The zero-order valence-corrected chi connectivity index (χ0v) is 10.5. The minimum Gasteiger partial charge on any atom is -0.310 e. The Balaban J connectivity index is 2.66. The molecule has 0 aromatic heterocycles. The standard InChI is InChI=1S/C12H26N2/c1-6-7-14-9-11(2,3)8-13-12(4,5)10-14/h13H,6-10H2,1-5H3. The Morgan fingerprint density at radius 2 is 1.79 bits per heavy atom. The molecule has 1 rings (SSSR count). The van der Waals surface area contributed by atoms with Gasteiger partial charge in [0.25, 0.3) is 0 Å². The molecular weight excluding hydrogens is 172 g/mol. The first-order valence-corrected chi connectivity index (χ1v) is 5.82. The first kappa shape index (κ1) is 12.0. The minimum atomic E-state index is 0.267. The van der Waals surface area contributed by atoms with Gasteiger partial charge in [0.15, 0.2) is 0 Å². The molecule has 0 spiro atoms. The molecule has 0 aliphatic carbocycles. The van der Waals surface area contributed by atoms with Gasteiger partial charge in [0.1, 0.15) is 0 Å². The predicted octanol–water partition coefficient (Wildman–Crippen LogP) is 2.11.